The lowest BCUT2D eigenvalue weighted by Gasteiger charge is -2.19. The van der Waals surface area contributed by atoms with Gasteiger partial charge in [0.15, 0.2) is 0 Å². The van der Waals surface area contributed by atoms with Crippen LogP contribution in [0.1, 0.15) is 37.8 Å². The predicted octanol–water partition coefficient (Wildman–Crippen LogP) is 4.21. The summed E-state index contributed by atoms with van der Waals surface area (Å²) < 4.78 is 9.44. The summed E-state index contributed by atoms with van der Waals surface area (Å²) in [4.78, 5) is 36.5. The van der Waals surface area contributed by atoms with Crippen molar-refractivity contribution in [3.63, 3.8) is 0 Å². The van der Waals surface area contributed by atoms with E-state index < -0.39 is 18.0 Å². The van der Waals surface area contributed by atoms with E-state index in [2.05, 4.69) is 10.6 Å². The molecule has 0 unspecified atom stereocenters. The molecule has 0 bridgehead atoms. The first-order chi connectivity index (χ1) is 15.5. The molecule has 0 atom stereocenters. The summed E-state index contributed by atoms with van der Waals surface area (Å²) in [5.41, 5.74) is 2.65. The van der Waals surface area contributed by atoms with Gasteiger partial charge in [0.2, 0.25) is 0 Å². The topological polar surface area (TPSA) is 93.7 Å². The Bertz CT molecular complexity index is 1010. The molecular weight excluding hydrogens is 408 g/mol. The molecule has 7 nitrogen and oxygen atoms in total. The molecule has 0 saturated carbocycles. The van der Waals surface area contributed by atoms with Gasteiger partial charge in [0, 0.05) is 18.2 Å². The molecule has 7 heteroatoms. The Labute approximate surface area is 186 Å². The van der Waals surface area contributed by atoms with Crippen LogP contribution in [0.2, 0.25) is 0 Å². The average Bonchev–Trinajstić information content (AvgIpc) is 2.84. The highest BCUT2D eigenvalue weighted by Crippen LogP contribution is 2.24. The molecule has 0 aromatic heterocycles. The maximum Gasteiger partial charge on any atom is 0.337 e. The summed E-state index contributed by atoms with van der Waals surface area (Å²) in [6.07, 6.45) is 0. The van der Waals surface area contributed by atoms with Gasteiger partial charge in [-0.1, -0.05) is 60.7 Å². The smallest absolute Gasteiger partial charge is 0.337 e. The predicted molar refractivity (Wildman–Crippen MR) is 121 cm³/mol. The van der Waals surface area contributed by atoms with E-state index >= 15 is 0 Å². The molecular formula is C25H24N2O5. The Kier molecular flexibility index (Phi) is 7.59. The van der Waals surface area contributed by atoms with Crippen molar-refractivity contribution in [1.82, 2.24) is 5.32 Å². The van der Waals surface area contributed by atoms with Crippen molar-refractivity contribution in [2.45, 2.75) is 5.92 Å². The second-order valence-electron chi connectivity index (χ2n) is 6.99. The number of amides is 2. The monoisotopic (exact) mass is 432 g/mol. The molecule has 3 rings (SSSR count). The Morgan fingerprint density at radius 1 is 0.750 bits per heavy atom. The molecule has 32 heavy (non-hydrogen) atoms. The third kappa shape index (κ3) is 5.72. The van der Waals surface area contributed by atoms with Crippen molar-refractivity contribution in [2.24, 2.45) is 0 Å². The minimum Gasteiger partial charge on any atom is -0.465 e. The molecule has 164 valence electrons. The van der Waals surface area contributed by atoms with Crippen molar-refractivity contribution in [1.29, 1.82) is 0 Å². The highest BCUT2D eigenvalue weighted by molar-refractivity contribution is 5.99. The van der Waals surface area contributed by atoms with E-state index in [1.165, 1.54) is 32.4 Å². The molecule has 0 aliphatic heterocycles. The first-order valence-corrected chi connectivity index (χ1v) is 9.98. The fraction of sp³-hybridized carbons (Fsp3) is 0.160. The maximum absolute atomic E-state index is 12.6. The molecule has 0 saturated heterocycles. The largest absolute Gasteiger partial charge is 0.465 e. The number of urea groups is 1. The fourth-order valence-corrected chi connectivity index (χ4v) is 3.34. The number of nitrogens with one attached hydrogen (secondary N) is 2. The number of rotatable bonds is 7. The quantitative estimate of drug-likeness (QED) is 0.546. The molecule has 3 aromatic carbocycles. The second-order valence-corrected chi connectivity index (χ2v) is 6.99. The van der Waals surface area contributed by atoms with Gasteiger partial charge < -0.3 is 20.1 Å². The highest BCUT2D eigenvalue weighted by Gasteiger charge is 2.17. The Hall–Kier alpha value is -4.13. The van der Waals surface area contributed by atoms with Crippen molar-refractivity contribution < 1.29 is 23.9 Å². The summed E-state index contributed by atoms with van der Waals surface area (Å²) in [5.74, 6) is -1.31. The number of anilines is 1. The number of hydrogen-bond donors (Lipinski definition) is 2. The number of carbonyl (C=O) groups excluding carboxylic acids is 3. The first-order valence-electron chi connectivity index (χ1n) is 9.98. The average molecular weight is 432 g/mol. The molecule has 2 N–H and O–H groups in total. The number of methoxy groups -OCH3 is 2. The molecule has 0 fully saturated rings. The van der Waals surface area contributed by atoms with Crippen LogP contribution in [0.15, 0.2) is 78.9 Å². The number of benzene rings is 3. The van der Waals surface area contributed by atoms with Gasteiger partial charge >= 0.3 is 18.0 Å². The first kappa shape index (κ1) is 22.6. The van der Waals surface area contributed by atoms with Crippen LogP contribution in [-0.2, 0) is 9.47 Å². The maximum atomic E-state index is 12.6. The van der Waals surface area contributed by atoms with Crippen LogP contribution in [0, 0.1) is 0 Å². The number of hydrogen-bond acceptors (Lipinski definition) is 5. The van der Waals surface area contributed by atoms with E-state index in [1.807, 2.05) is 60.7 Å². The second kappa shape index (κ2) is 10.8. The molecule has 0 spiro atoms. The van der Waals surface area contributed by atoms with E-state index in [-0.39, 0.29) is 22.7 Å². The van der Waals surface area contributed by atoms with Gasteiger partial charge in [0.25, 0.3) is 0 Å². The van der Waals surface area contributed by atoms with E-state index in [0.717, 1.165) is 11.1 Å². The van der Waals surface area contributed by atoms with Crippen LogP contribution < -0.4 is 10.6 Å². The van der Waals surface area contributed by atoms with Gasteiger partial charge in [-0.25, -0.2) is 14.4 Å². The van der Waals surface area contributed by atoms with E-state index in [9.17, 15) is 14.4 Å². The van der Waals surface area contributed by atoms with E-state index in [0.29, 0.717) is 6.54 Å². The van der Waals surface area contributed by atoms with Gasteiger partial charge in [-0.05, 0) is 29.3 Å². The molecule has 0 aliphatic carbocycles. The summed E-state index contributed by atoms with van der Waals surface area (Å²) in [5, 5.41) is 5.54. The Balaban J connectivity index is 1.77. The van der Waals surface area contributed by atoms with Crippen LogP contribution in [0.25, 0.3) is 0 Å². The zero-order valence-electron chi connectivity index (χ0n) is 17.8. The van der Waals surface area contributed by atoms with Crippen LogP contribution in [-0.4, -0.2) is 38.7 Å². The van der Waals surface area contributed by atoms with Gasteiger partial charge in [-0.3, -0.25) is 0 Å². The lowest BCUT2D eigenvalue weighted by atomic mass is 9.91. The number of esters is 2. The summed E-state index contributed by atoms with van der Waals surface area (Å²) in [6, 6.07) is 23.5. The minimum atomic E-state index is -0.632. The fourth-order valence-electron chi connectivity index (χ4n) is 3.34. The van der Waals surface area contributed by atoms with Gasteiger partial charge in [-0.15, -0.1) is 0 Å². The van der Waals surface area contributed by atoms with E-state index in [1.54, 1.807) is 0 Å². The summed E-state index contributed by atoms with van der Waals surface area (Å²) in [7, 11) is 2.47. The summed E-state index contributed by atoms with van der Waals surface area (Å²) >= 11 is 0. The molecule has 2 amide bonds. The van der Waals surface area contributed by atoms with Crippen LogP contribution in [0.5, 0.6) is 0 Å². The molecule has 0 heterocycles. The molecule has 0 aliphatic rings. The summed E-state index contributed by atoms with van der Waals surface area (Å²) in [6.45, 7) is 0.348. The number of carbonyl (C=O) groups is 3. The van der Waals surface area contributed by atoms with Crippen LogP contribution >= 0.6 is 0 Å². The van der Waals surface area contributed by atoms with Crippen molar-refractivity contribution in [2.75, 3.05) is 26.1 Å². The number of ether oxygens (including phenoxy) is 2. The Morgan fingerprint density at radius 2 is 1.22 bits per heavy atom. The van der Waals surface area contributed by atoms with Crippen molar-refractivity contribution in [3.8, 4) is 0 Å². The normalized spacial score (nSPS) is 10.3. The van der Waals surface area contributed by atoms with Crippen LogP contribution in [0.3, 0.4) is 0 Å². The zero-order chi connectivity index (χ0) is 22.9. The van der Waals surface area contributed by atoms with Crippen molar-refractivity contribution >= 4 is 23.7 Å². The molecule has 3 aromatic rings. The minimum absolute atomic E-state index is 0.0461. The third-order valence-corrected chi connectivity index (χ3v) is 4.90. The standard InChI is InChI=1S/C25H24N2O5/c1-31-23(28)19-13-20(24(29)32-2)15-21(14-19)27-25(30)26-16-22(17-9-5-3-6-10-17)18-11-7-4-8-12-18/h3-15,22H,16H2,1-2H3,(H2,26,27,30). The van der Waals surface area contributed by atoms with E-state index in [4.69, 9.17) is 9.47 Å². The third-order valence-electron chi connectivity index (χ3n) is 4.90. The van der Waals surface area contributed by atoms with Gasteiger partial charge in [0.05, 0.1) is 25.3 Å². The lowest BCUT2D eigenvalue weighted by Crippen LogP contribution is -2.33. The zero-order valence-corrected chi connectivity index (χ0v) is 17.8. The lowest BCUT2D eigenvalue weighted by molar-refractivity contribution is 0.0599. The molecule has 0 radical (unpaired) electrons. The van der Waals surface area contributed by atoms with Gasteiger partial charge in [-0.2, -0.15) is 0 Å². The van der Waals surface area contributed by atoms with Crippen molar-refractivity contribution in [3.05, 3.63) is 101 Å². The van der Waals surface area contributed by atoms with Crippen LogP contribution in [0.4, 0.5) is 10.5 Å². The van der Waals surface area contributed by atoms with Gasteiger partial charge in [0.1, 0.15) is 0 Å². The SMILES string of the molecule is COC(=O)c1cc(NC(=O)NCC(c2ccccc2)c2ccccc2)cc(C(=O)OC)c1. The highest BCUT2D eigenvalue weighted by atomic mass is 16.5. The Morgan fingerprint density at radius 3 is 1.66 bits per heavy atom.